The summed E-state index contributed by atoms with van der Waals surface area (Å²) in [6, 6.07) is 0.0818. The molecule has 0 amide bonds. The van der Waals surface area contributed by atoms with Gasteiger partial charge in [0.1, 0.15) is 0 Å². The van der Waals surface area contributed by atoms with E-state index in [2.05, 4.69) is 43.6 Å². The maximum Gasteiger partial charge on any atom is 0.0939 e. The van der Waals surface area contributed by atoms with E-state index in [9.17, 15) is 0 Å². The molecule has 0 bridgehead atoms. The summed E-state index contributed by atoms with van der Waals surface area (Å²) < 4.78 is 3.07. The molecule has 18 heavy (non-hydrogen) atoms. The molecule has 0 spiro atoms. The van der Waals surface area contributed by atoms with Gasteiger partial charge in [-0.05, 0) is 36.3 Å². The van der Waals surface area contributed by atoms with E-state index in [1.807, 2.05) is 24.9 Å². The zero-order chi connectivity index (χ0) is 13.1. The van der Waals surface area contributed by atoms with Gasteiger partial charge in [0, 0.05) is 11.9 Å². The first-order valence-electron chi connectivity index (χ1n) is 5.97. The van der Waals surface area contributed by atoms with E-state index >= 15 is 0 Å². The smallest absolute Gasteiger partial charge is 0.0939 e. The van der Waals surface area contributed by atoms with Crippen LogP contribution in [-0.2, 0) is 6.54 Å². The Hall–Kier alpha value is -0.720. The van der Waals surface area contributed by atoms with Gasteiger partial charge in [-0.25, -0.2) is 4.98 Å². The molecule has 6 heteroatoms. The molecular weight excluding hydrogens is 312 g/mol. The summed E-state index contributed by atoms with van der Waals surface area (Å²) in [5.74, 6) is 0. The van der Waals surface area contributed by atoms with Crippen molar-refractivity contribution < 1.29 is 0 Å². The molecule has 0 fully saturated rings. The van der Waals surface area contributed by atoms with Crippen molar-refractivity contribution in [2.75, 3.05) is 7.05 Å². The lowest BCUT2D eigenvalue weighted by Crippen LogP contribution is -2.22. The number of aromatic nitrogens is 3. The Morgan fingerprint density at radius 3 is 2.89 bits per heavy atom. The van der Waals surface area contributed by atoms with Crippen molar-refractivity contribution >= 4 is 27.3 Å². The first-order chi connectivity index (χ1) is 8.67. The zero-order valence-corrected chi connectivity index (χ0v) is 13.2. The Balaban J connectivity index is 2.41. The summed E-state index contributed by atoms with van der Waals surface area (Å²) in [6.45, 7) is 5.10. The average molecular weight is 329 g/mol. The van der Waals surface area contributed by atoms with Crippen molar-refractivity contribution in [1.82, 2.24) is 20.1 Å². The molecule has 0 aliphatic rings. The van der Waals surface area contributed by atoms with Gasteiger partial charge in [0.25, 0.3) is 0 Å². The lowest BCUT2D eigenvalue weighted by molar-refractivity contribution is 0.529. The van der Waals surface area contributed by atoms with Crippen molar-refractivity contribution in [1.29, 1.82) is 0 Å². The predicted octanol–water partition coefficient (Wildman–Crippen LogP) is 3.13. The first-order valence-corrected chi connectivity index (χ1v) is 7.65. The molecule has 0 saturated heterocycles. The van der Waals surface area contributed by atoms with Crippen LogP contribution >= 0.6 is 27.3 Å². The van der Waals surface area contributed by atoms with Crippen LogP contribution in [0.1, 0.15) is 35.8 Å². The maximum atomic E-state index is 4.57. The molecule has 2 heterocycles. The molecule has 4 nitrogen and oxygen atoms in total. The fraction of sp³-hybridized carbons (Fsp3) is 0.500. The monoisotopic (exact) mass is 328 g/mol. The average Bonchev–Trinajstić information content (AvgIpc) is 2.91. The third-order valence-corrected chi connectivity index (χ3v) is 4.17. The molecular formula is C12H17BrN4S. The summed E-state index contributed by atoms with van der Waals surface area (Å²) >= 11 is 5.26. The van der Waals surface area contributed by atoms with E-state index in [0.29, 0.717) is 0 Å². The van der Waals surface area contributed by atoms with Crippen LogP contribution in [0.15, 0.2) is 16.0 Å². The van der Waals surface area contributed by atoms with E-state index in [1.54, 1.807) is 11.3 Å². The van der Waals surface area contributed by atoms with Gasteiger partial charge in [-0.3, -0.25) is 4.68 Å². The van der Waals surface area contributed by atoms with Crippen molar-refractivity contribution in [2.45, 2.75) is 32.9 Å². The lowest BCUT2D eigenvalue weighted by Gasteiger charge is -2.16. The molecule has 0 aliphatic heterocycles. The third kappa shape index (κ3) is 2.65. The topological polar surface area (TPSA) is 42.7 Å². The molecule has 2 rings (SSSR count). The van der Waals surface area contributed by atoms with Gasteiger partial charge in [-0.15, -0.1) is 11.3 Å². The van der Waals surface area contributed by atoms with Crippen LogP contribution in [0.5, 0.6) is 0 Å². The fourth-order valence-corrected chi connectivity index (χ4v) is 3.15. The molecule has 1 N–H and O–H groups in total. The minimum Gasteiger partial charge on any atom is -0.307 e. The van der Waals surface area contributed by atoms with Crippen molar-refractivity contribution in [3.8, 4) is 0 Å². The molecule has 0 saturated carbocycles. The molecule has 0 aliphatic carbocycles. The number of hydrogen-bond acceptors (Lipinski definition) is 4. The molecule has 0 aromatic carbocycles. The normalized spacial score (nSPS) is 12.9. The lowest BCUT2D eigenvalue weighted by atomic mass is 10.1. The highest BCUT2D eigenvalue weighted by Gasteiger charge is 2.22. The standard InChI is InChI=1S/C12H17BrN4S/c1-4-5-17-12(9(13)6-15-17)11(14-3)10-7-18-8(2)16-10/h6-7,11,14H,4-5H2,1-3H3. The second-order valence-electron chi connectivity index (χ2n) is 4.11. The van der Waals surface area contributed by atoms with Crippen LogP contribution in [0, 0.1) is 6.92 Å². The Morgan fingerprint density at radius 1 is 1.56 bits per heavy atom. The first kappa shape index (κ1) is 13.7. The fourth-order valence-electron chi connectivity index (χ4n) is 1.99. The van der Waals surface area contributed by atoms with Gasteiger partial charge in [0.2, 0.25) is 0 Å². The summed E-state index contributed by atoms with van der Waals surface area (Å²) in [5.41, 5.74) is 2.20. The largest absolute Gasteiger partial charge is 0.307 e. The van der Waals surface area contributed by atoms with Gasteiger partial charge in [-0.2, -0.15) is 5.10 Å². The predicted molar refractivity (Wildman–Crippen MR) is 78.0 cm³/mol. The molecule has 1 unspecified atom stereocenters. The van der Waals surface area contributed by atoms with E-state index < -0.39 is 0 Å². The number of nitrogens with one attached hydrogen (secondary N) is 1. The summed E-state index contributed by atoms with van der Waals surface area (Å²) in [4.78, 5) is 4.57. The highest BCUT2D eigenvalue weighted by molar-refractivity contribution is 9.10. The van der Waals surface area contributed by atoms with Gasteiger partial charge in [0.15, 0.2) is 0 Å². The van der Waals surface area contributed by atoms with Crippen molar-refractivity contribution in [2.24, 2.45) is 0 Å². The summed E-state index contributed by atoms with van der Waals surface area (Å²) in [6.07, 6.45) is 2.92. The minimum absolute atomic E-state index is 0.0818. The molecule has 1 atom stereocenters. The van der Waals surface area contributed by atoms with Gasteiger partial charge in [0.05, 0.1) is 33.1 Å². The zero-order valence-electron chi connectivity index (χ0n) is 10.8. The molecule has 98 valence electrons. The van der Waals surface area contributed by atoms with Gasteiger partial charge in [-0.1, -0.05) is 6.92 Å². The molecule has 0 radical (unpaired) electrons. The minimum atomic E-state index is 0.0818. The number of hydrogen-bond donors (Lipinski definition) is 1. The van der Waals surface area contributed by atoms with Crippen molar-refractivity contribution in [3.05, 3.63) is 32.4 Å². The highest BCUT2D eigenvalue weighted by atomic mass is 79.9. The van der Waals surface area contributed by atoms with Crippen molar-refractivity contribution in [3.63, 3.8) is 0 Å². The van der Waals surface area contributed by atoms with E-state index in [1.165, 1.54) is 0 Å². The number of rotatable bonds is 5. The Labute approximate surface area is 120 Å². The summed E-state index contributed by atoms with van der Waals surface area (Å²) in [7, 11) is 1.95. The van der Waals surface area contributed by atoms with Crippen LogP contribution in [0.2, 0.25) is 0 Å². The van der Waals surface area contributed by atoms with Crippen LogP contribution in [0.4, 0.5) is 0 Å². The highest BCUT2D eigenvalue weighted by Crippen LogP contribution is 2.29. The van der Waals surface area contributed by atoms with Crippen LogP contribution in [0.3, 0.4) is 0 Å². The number of aryl methyl sites for hydroxylation is 2. The quantitative estimate of drug-likeness (QED) is 0.916. The SMILES string of the molecule is CCCn1ncc(Br)c1C(NC)c1csc(C)n1. The summed E-state index contributed by atoms with van der Waals surface area (Å²) in [5, 5.41) is 10.9. The second-order valence-corrected chi connectivity index (χ2v) is 6.03. The Kier molecular flexibility index (Phi) is 4.53. The van der Waals surface area contributed by atoms with Crippen LogP contribution in [-0.4, -0.2) is 21.8 Å². The van der Waals surface area contributed by atoms with E-state index in [0.717, 1.165) is 33.8 Å². The third-order valence-electron chi connectivity index (χ3n) is 2.76. The molecule has 2 aromatic rings. The Bertz CT molecular complexity index is 520. The van der Waals surface area contributed by atoms with Gasteiger partial charge < -0.3 is 5.32 Å². The van der Waals surface area contributed by atoms with Crippen LogP contribution < -0.4 is 5.32 Å². The maximum absolute atomic E-state index is 4.57. The van der Waals surface area contributed by atoms with E-state index in [4.69, 9.17) is 0 Å². The van der Waals surface area contributed by atoms with E-state index in [-0.39, 0.29) is 6.04 Å². The Morgan fingerprint density at radius 2 is 2.33 bits per heavy atom. The van der Waals surface area contributed by atoms with Crippen LogP contribution in [0.25, 0.3) is 0 Å². The molecule has 2 aromatic heterocycles. The second kappa shape index (κ2) is 5.95. The number of thiazole rings is 1. The van der Waals surface area contributed by atoms with Gasteiger partial charge >= 0.3 is 0 Å². The number of halogens is 1. The number of nitrogens with zero attached hydrogens (tertiary/aromatic N) is 3.